The molecular weight excluding hydrogens is 336 g/mol. The van der Waals surface area contributed by atoms with Gasteiger partial charge >= 0.3 is 5.97 Å². The van der Waals surface area contributed by atoms with E-state index in [1.54, 1.807) is 36.3 Å². The molecule has 23 heavy (non-hydrogen) atoms. The summed E-state index contributed by atoms with van der Waals surface area (Å²) in [5.41, 5.74) is 3.42. The van der Waals surface area contributed by atoms with Gasteiger partial charge in [-0.15, -0.1) is 0 Å². The van der Waals surface area contributed by atoms with Crippen LogP contribution in [0.4, 0.5) is 0 Å². The van der Waals surface area contributed by atoms with Crippen molar-refractivity contribution >= 4 is 35.0 Å². The van der Waals surface area contributed by atoms with E-state index in [-0.39, 0.29) is 28.5 Å². The van der Waals surface area contributed by atoms with E-state index in [4.69, 9.17) is 4.74 Å². The van der Waals surface area contributed by atoms with Gasteiger partial charge in [0, 0.05) is 19.6 Å². The van der Waals surface area contributed by atoms with Crippen molar-refractivity contribution < 1.29 is 24.0 Å². The molecule has 6 nitrogen and oxygen atoms in total. The zero-order valence-corrected chi connectivity index (χ0v) is 14.2. The molecular formula is C15H17N2O4S2+. The molecule has 2 unspecified atom stereocenters. The molecule has 1 aromatic heterocycles. The molecule has 1 amide bonds. The molecule has 0 aromatic carbocycles. The Hall–Kier alpha value is -1.38. The first-order valence-electron chi connectivity index (χ1n) is 7.57. The number of carboxylic acid groups (broad SMARTS) is 1. The first kappa shape index (κ1) is 15.2. The quantitative estimate of drug-likeness (QED) is 0.663. The van der Waals surface area contributed by atoms with Crippen molar-refractivity contribution in [3.63, 3.8) is 0 Å². The number of aliphatic carboxylic acids is 1. The van der Waals surface area contributed by atoms with Crippen LogP contribution in [0.2, 0.25) is 0 Å². The third-order valence-corrected chi connectivity index (χ3v) is 7.02. The number of thiazole rings is 1. The van der Waals surface area contributed by atoms with Gasteiger partial charge in [0.1, 0.15) is 10.6 Å². The second-order valence-corrected chi connectivity index (χ2v) is 8.05. The normalized spacial score (nSPS) is 29.4. The Kier molecular flexibility index (Phi) is 3.70. The highest BCUT2D eigenvalue weighted by Crippen LogP contribution is 2.44. The van der Waals surface area contributed by atoms with Crippen molar-refractivity contribution in [1.82, 2.24) is 4.90 Å². The number of fused-ring (bicyclic) bond motifs is 2. The Morgan fingerprint density at radius 1 is 1.52 bits per heavy atom. The van der Waals surface area contributed by atoms with Gasteiger partial charge in [-0.1, -0.05) is 23.1 Å². The predicted octanol–water partition coefficient (Wildman–Crippen LogP) is 1.83. The maximum Gasteiger partial charge on any atom is 0.352 e. The van der Waals surface area contributed by atoms with Crippen LogP contribution in [0.5, 0.6) is 0 Å². The average molecular weight is 353 g/mol. The zero-order valence-electron chi connectivity index (χ0n) is 12.6. The van der Waals surface area contributed by atoms with Crippen molar-refractivity contribution in [1.29, 1.82) is 0 Å². The molecule has 1 aliphatic carbocycles. The lowest BCUT2D eigenvalue weighted by Crippen LogP contribution is -2.56. The lowest BCUT2D eigenvalue weighted by atomic mass is 10.00. The Balaban J connectivity index is 1.71. The van der Waals surface area contributed by atoms with E-state index in [0.717, 1.165) is 19.3 Å². The molecule has 122 valence electrons. The number of amides is 1. The second-order valence-electron chi connectivity index (χ2n) is 5.86. The standard InChI is InChI=1S/C15H16N2O4S2/c1-21-10-4-2-3-8-14(10)22-7-16(8)12-5-9(15(19)20)17-11(18)6-13(17)23-12/h5,7,10,12-13H,2-4,6H2,1H3/p+1/t10?,12?,13-/m1/s1. The van der Waals surface area contributed by atoms with Crippen LogP contribution in [0.25, 0.3) is 0 Å². The Morgan fingerprint density at radius 3 is 3.04 bits per heavy atom. The van der Waals surface area contributed by atoms with Gasteiger partial charge in [0.2, 0.25) is 16.8 Å². The fourth-order valence-electron chi connectivity index (χ4n) is 3.43. The summed E-state index contributed by atoms with van der Waals surface area (Å²) in [6, 6.07) is 0. The predicted molar refractivity (Wildman–Crippen MR) is 84.8 cm³/mol. The fourth-order valence-corrected chi connectivity index (χ4v) is 6.14. The van der Waals surface area contributed by atoms with Gasteiger partial charge in [-0.25, -0.2) is 4.79 Å². The number of β-lactam (4-membered cyclic amide) rings is 1. The number of thioether (sulfide) groups is 1. The monoisotopic (exact) mass is 353 g/mol. The summed E-state index contributed by atoms with van der Waals surface area (Å²) in [7, 11) is 1.74. The highest BCUT2D eigenvalue weighted by atomic mass is 32.2. The first-order valence-corrected chi connectivity index (χ1v) is 9.39. The van der Waals surface area contributed by atoms with Crippen molar-refractivity contribution in [2.24, 2.45) is 0 Å². The van der Waals surface area contributed by atoms with E-state index in [1.807, 2.05) is 0 Å². The van der Waals surface area contributed by atoms with E-state index >= 15 is 0 Å². The summed E-state index contributed by atoms with van der Waals surface area (Å²) in [4.78, 5) is 25.8. The van der Waals surface area contributed by atoms with Crippen LogP contribution < -0.4 is 4.57 Å². The fraction of sp³-hybridized carbons (Fsp3) is 0.533. The molecule has 8 heteroatoms. The molecule has 1 N–H and O–H groups in total. The largest absolute Gasteiger partial charge is 0.477 e. The number of methoxy groups -OCH3 is 1. The average Bonchev–Trinajstić information content (AvgIpc) is 2.96. The zero-order chi connectivity index (χ0) is 16.1. The first-order chi connectivity index (χ1) is 11.1. The molecule has 1 saturated heterocycles. The molecule has 0 bridgehead atoms. The number of carboxylic acids is 1. The van der Waals surface area contributed by atoms with Crippen molar-refractivity contribution in [2.45, 2.75) is 42.5 Å². The Bertz CT molecular complexity index is 714. The summed E-state index contributed by atoms with van der Waals surface area (Å²) < 4.78 is 7.73. The third-order valence-electron chi connectivity index (χ3n) is 4.60. The summed E-state index contributed by atoms with van der Waals surface area (Å²) >= 11 is 3.32. The number of carbonyl (C=O) groups is 2. The number of aromatic nitrogens is 1. The molecule has 0 radical (unpaired) electrons. The lowest BCUT2D eigenvalue weighted by Gasteiger charge is -2.42. The van der Waals surface area contributed by atoms with Gasteiger partial charge in [0.15, 0.2) is 5.69 Å². The number of nitrogens with zero attached hydrogens (tertiary/aromatic N) is 2. The smallest absolute Gasteiger partial charge is 0.352 e. The van der Waals surface area contributed by atoms with Crippen LogP contribution in [0.1, 0.15) is 41.3 Å². The summed E-state index contributed by atoms with van der Waals surface area (Å²) in [5, 5.41) is 9.27. The molecule has 2 aliphatic heterocycles. The van der Waals surface area contributed by atoms with E-state index in [0.29, 0.717) is 6.42 Å². The minimum absolute atomic E-state index is 0.0616. The van der Waals surface area contributed by atoms with E-state index in [1.165, 1.54) is 15.5 Å². The van der Waals surface area contributed by atoms with Crippen LogP contribution in [0, 0.1) is 0 Å². The van der Waals surface area contributed by atoms with E-state index in [2.05, 4.69) is 10.1 Å². The van der Waals surface area contributed by atoms with Gasteiger partial charge in [0.25, 0.3) is 0 Å². The van der Waals surface area contributed by atoms with Gasteiger partial charge < -0.3 is 9.84 Å². The minimum atomic E-state index is -1.03. The van der Waals surface area contributed by atoms with Crippen LogP contribution in [-0.4, -0.2) is 34.4 Å². The number of carbonyl (C=O) groups excluding carboxylic acids is 1. The van der Waals surface area contributed by atoms with Gasteiger partial charge in [-0.2, -0.15) is 4.57 Å². The van der Waals surface area contributed by atoms with E-state index in [9.17, 15) is 14.7 Å². The highest BCUT2D eigenvalue weighted by molar-refractivity contribution is 8.00. The van der Waals surface area contributed by atoms with Gasteiger partial charge in [0.05, 0.1) is 17.9 Å². The molecule has 1 aromatic rings. The minimum Gasteiger partial charge on any atom is -0.477 e. The van der Waals surface area contributed by atoms with E-state index < -0.39 is 5.97 Å². The summed E-state index contributed by atoms with van der Waals surface area (Å²) in [5.74, 6) is -1.14. The SMILES string of the molecule is COC1CCCc2c1sc[n+]2C1C=C(C(=O)O)N2C(=O)C[C@H]2S1. The Labute approximate surface area is 141 Å². The molecule has 1 fully saturated rings. The molecule has 3 heterocycles. The third kappa shape index (κ3) is 2.31. The van der Waals surface area contributed by atoms with Crippen molar-refractivity contribution in [3.05, 3.63) is 27.9 Å². The molecule has 3 atom stereocenters. The van der Waals surface area contributed by atoms with Crippen LogP contribution >= 0.6 is 23.1 Å². The second kappa shape index (κ2) is 5.61. The van der Waals surface area contributed by atoms with Crippen LogP contribution in [0.15, 0.2) is 17.3 Å². The summed E-state index contributed by atoms with van der Waals surface area (Å²) in [6.45, 7) is 0. The lowest BCUT2D eigenvalue weighted by molar-refractivity contribution is -0.693. The number of ether oxygens (including phenoxy) is 1. The van der Waals surface area contributed by atoms with Crippen LogP contribution in [-0.2, 0) is 20.7 Å². The van der Waals surface area contributed by atoms with Crippen molar-refractivity contribution in [2.75, 3.05) is 7.11 Å². The number of hydrogen-bond acceptors (Lipinski definition) is 5. The molecule has 0 spiro atoms. The van der Waals surface area contributed by atoms with Gasteiger partial charge in [-0.05, 0) is 12.8 Å². The number of hydrogen-bond donors (Lipinski definition) is 1. The van der Waals surface area contributed by atoms with Gasteiger partial charge in [-0.3, -0.25) is 9.69 Å². The van der Waals surface area contributed by atoms with Crippen LogP contribution in [0.3, 0.4) is 0 Å². The van der Waals surface area contributed by atoms with Crippen molar-refractivity contribution in [3.8, 4) is 0 Å². The number of rotatable bonds is 3. The molecule has 4 rings (SSSR count). The maximum absolute atomic E-state index is 11.7. The molecule has 3 aliphatic rings. The summed E-state index contributed by atoms with van der Waals surface area (Å²) in [6.07, 6.45) is 5.35. The highest BCUT2D eigenvalue weighted by Gasteiger charge is 2.48. The maximum atomic E-state index is 11.7. The molecule has 0 saturated carbocycles. The topological polar surface area (TPSA) is 70.7 Å². The Morgan fingerprint density at radius 2 is 2.35 bits per heavy atom.